The number of likely N-dealkylation sites (N-methyl/N-ethyl adjacent to an activating group) is 2. The molecule has 0 spiro atoms. The molecular formula is C31H36N4O5S. The number of piperidine rings is 1. The van der Waals surface area contributed by atoms with Gasteiger partial charge in [-0.2, -0.15) is 0 Å². The predicted octanol–water partition coefficient (Wildman–Crippen LogP) is 4.37. The van der Waals surface area contributed by atoms with Crippen molar-refractivity contribution < 1.29 is 24.2 Å². The highest BCUT2D eigenvalue weighted by Crippen LogP contribution is 2.44. The molecule has 1 aliphatic heterocycles. The molecule has 2 bridgehead atoms. The van der Waals surface area contributed by atoms with Crippen LogP contribution in [0.5, 0.6) is 5.75 Å². The lowest BCUT2D eigenvalue weighted by Crippen LogP contribution is -2.44. The molecule has 2 aromatic carbocycles. The maximum Gasteiger partial charge on any atom is 0.307 e. The molecule has 2 amide bonds. The molecule has 0 radical (unpaired) electrons. The van der Waals surface area contributed by atoms with Gasteiger partial charge in [-0.05, 0) is 73.9 Å². The Kier molecular flexibility index (Phi) is 8.30. The first kappa shape index (κ1) is 28.6. The number of amides is 2. The largest absolute Gasteiger partial charge is 0.488 e. The summed E-state index contributed by atoms with van der Waals surface area (Å²) in [6.07, 6.45) is 1.93. The second kappa shape index (κ2) is 11.9. The second-order valence-corrected chi connectivity index (χ2v) is 12.0. The highest BCUT2D eigenvalue weighted by atomic mass is 32.1. The Hall–Kier alpha value is -3.92. The Bertz CT molecular complexity index is 1460. The van der Waals surface area contributed by atoms with Gasteiger partial charge in [0.2, 0.25) is 5.91 Å². The third-order valence-corrected chi connectivity index (χ3v) is 9.17. The van der Waals surface area contributed by atoms with Crippen molar-refractivity contribution in [2.45, 2.75) is 33.3 Å². The number of nitrogens with zero attached hydrogens (tertiary/aromatic N) is 3. The summed E-state index contributed by atoms with van der Waals surface area (Å²) in [6, 6.07) is 11.5. The number of hydrogen-bond acceptors (Lipinski definition) is 7. The highest BCUT2D eigenvalue weighted by Gasteiger charge is 2.46. The Labute approximate surface area is 244 Å². The Balaban J connectivity index is 1.29. The zero-order valence-corrected chi connectivity index (χ0v) is 24.7. The molecule has 9 nitrogen and oxygen atoms in total. The number of anilines is 1. The van der Waals surface area contributed by atoms with E-state index in [1.807, 2.05) is 43.5 Å². The second-order valence-electron chi connectivity index (χ2n) is 11.1. The first-order valence-corrected chi connectivity index (χ1v) is 14.7. The molecule has 3 aromatic rings. The van der Waals surface area contributed by atoms with Crippen LogP contribution in [0.2, 0.25) is 0 Å². The van der Waals surface area contributed by atoms with Gasteiger partial charge >= 0.3 is 5.97 Å². The summed E-state index contributed by atoms with van der Waals surface area (Å²) in [6.45, 7) is 5.77. The number of benzene rings is 2. The summed E-state index contributed by atoms with van der Waals surface area (Å²) < 4.78 is 6.31. The number of ether oxygens (including phenoxy) is 1. The van der Waals surface area contributed by atoms with Crippen LogP contribution in [0.1, 0.15) is 39.9 Å². The number of carbonyl (C=O) groups is 3. The summed E-state index contributed by atoms with van der Waals surface area (Å²) in [4.78, 5) is 44.8. The zero-order chi connectivity index (χ0) is 29.3. The van der Waals surface area contributed by atoms with E-state index in [9.17, 15) is 19.5 Å². The van der Waals surface area contributed by atoms with Gasteiger partial charge in [0.1, 0.15) is 12.4 Å². The van der Waals surface area contributed by atoms with Crippen LogP contribution in [0.25, 0.3) is 11.3 Å². The monoisotopic (exact) mass is 576 g/mol. The van der Waals surface area contributed by atoms with E-state index < -0.39 is 5.97 Å². The first-order valence-electron chi connectivity index (χ1n) is 13.9. The average Bonchev–Trinajstić information content (AvgIpc) is 3.55. The summed E-state index contributed by atoms with van der Waals surface area (Å²) in [7, 11) is 3.15. The van der Waals surface area contributed by atoms with Crippen LogP contribution in [0.3, 0.4) is 0 Å². The Morgan fingerprint density at radius 3 is 2.51 bits per heavy atom. The minimum Gasteiger partial charge on any atom is -0.488 e. The molecule has 5 rings (SSSR count). The van der Waals surface area contributed by atoms with E-state index in [0.717, 1.165) is 64.8 Å². The number of carbonyl (C=O) groups excluding carboxylic acids is 2. The summed E-state index contributed by atoms with van der Waals surface area (Å²) >= 11 is 1.59. The number of aromatic nitrogens is 1. The molecule has 1 saturated heterocycles. The molecule has 2 heterocycles. The maximum atomic E-state index is 12.8. The molecule has 10 heteroatoms. The fourth-order valence-corrected chi connectivity index (χ4v) is 6.86. The number of thiazole rings is 1. The van der Waals surface area contributed by atoms with Gasteiger partial charge in [-0.15, -0.1) is 11.3 Å². The van der Waals surface area contributed by atoms with Crippen molar-refractivity contribution in [3.8, 4) is 17.0 Å². The third-order valence-electron chi connectivity index (χ3n) is 8.27. The van der Waals surface area contributed by atoms with E-state index in [0.29, 0.717) is 12.2 Å². The third kappa shape index (κ3) is 6.07. The van der Waals surface area contributed by atoms with Crippen molar-refractivity contribution in [2.75, 3.05) is 38.6 Å². The van der Waals surface area contributed by atoms with Gasteiger partial charge in [-0.25, -0.2) is 4.98 Å². The SMILES string of the molecule is CNC(=O)CN(C)C(=O)c1ccc(COc2ccc(C)cc2-c2csc(N3C[C@H]4CC[C@@H](C3)C4C(=O)O)n2)c(C)c1. The average molecular weight is 577 g/mol. The fourth-order valence-electron chi connectivity index (χ4n) is 6.02. The molecule has 1 unspecified atom stereocenters. The van der Waals surface area contributed by atoms with Crippen LogP contribution < -0.4 is 15.0 Å². The number of hydrogen-bond donors (Lipinski definition) is 2. The van der Waals surface area contributed by atoms with Gasteiger partial charge in [0.15, 0.2) is 5.13 Å². The lowest BCUT2D eigenvalue weighted by molar-refractivity contribution is -0.144. The summed E-state index contributed by atoms with van der Waals surface area (Å²) in [5.41, 5.74) is 5.25. The molecule has 1 aromatic heterocycles. The van der Waals surface area contributed by atoms with Crippen molar-refractivity contribution in [1.82, 2.24) is 15.2 Å². The molecule has 41 heavy (non-hydrogen) atoms. The van der Waals surface area contributed by atoms with Crippen LogP contribution in [-0.4, -0.2) is 66.5 Å². The standard InChI is InChI=1S/C31H36N4O5S/c1-18-5-10-26(40-16-23-9-6-20(12-19(23)2)29(37)34(4)15-27(36)32-3)24(11-18)25-17-41-31(33-25)35-13-21-7-8-22(14-35)28(21)30(38)39/h5-6,9-12,17,21-22,28H,7-8,13-16H2,1-4H3,(H,32,36)(H,38,39)/t21-,22+,28?. The van der Waals surface area contributed by atoms with Crippen LogP contribution in [0.4, 0.5) is 5.13 Å². The Morgan fingerprint density at radius 1 is 1.12 bits per heavy atom. The van der Waals surface area contributed by atoms with E-state index in [1.165, 1.54) is 4.90 Å². The van der Waals surface area contributed by atoms with Crippen LogP contribution >= 0.6 is 11.3 Å². The van der Waals surface area contributed by atoms with Gasteiger partial charge in [0.25, 0.3) is 5.91 Å². The van der Waals surface area contributed by atoms with E-state index in [-0.39, 0.29) is 36.1 Å². The number of nitrogens with one attached hydrogen (secondary N) is 1. The molecule has 2 fully saturated rings. The van der Waals surface area contributed by atoms with Gasteiger partial charge in [0.05, 0.1) is 18.2 Å². The number of carboxylic acids is 1. The van der Waals surface area contributed by atoms with Crippen molar-refractivity contribution in [3.05, 3.63) is 64.0 Å². The van der Waals surface area contributed by atoms with E-state index in [1.54, 1.807) is 31.5 Å². The summed E-state index contributed by atoms with van der Waals surface area (Å²) in [5, 5.41) is 15.2. The smallest absolute Gasteiger partial charge is 0.307 e. The molecule has 216 valence electrons. The van der Waals surface area contributed by atoms with Gasteiger partial charge in [-0.1, -0.05) is 17.7 Å². The molecule has 2 aliphatic rings. The number of rotatable bonds is 9. The van der Waals surface area contributed by atoms with Gasteiger partial charge < -0.3 is 25.0 Å². The first-order chi connectivity index (χ1) is 19.6. The minimum atomic E-state index is -0.664. The number of aryl methyl sites for hydroxylation is 2. The van der Waals surface area contributed by atoms with E-state index in [4.69, 9.17) is 9.72 Å². The quantitative estimate of drug-likeness (QED) is 0.389. The topological polar surface area (TPSA) is 112 Å². The molecule has 2 N–H and O–H groups in total. The molecule has 1 saturated carbocycles. The number of fused-ring (bicyclic) bond motifs is 2. The molecular weight excluding hydrogens is 540 g/mol. The van der Waals surface area contributed by atoms with Crippen LogP contribution in [0, 0.1) is 31.6 Å². The predicted molar refractivity (Wildman–Crippen MR) is 158 cm³/mol. The van der Waals surface area contributed by atoms with Gasteiger partial charge in [0, 0.05) is 43.7 Å². The van der Waals surface area contributed by atoms with Crippen molar-refractivity contribution in [2.24, 2.45) is 17.8 Å². The minimum absolute atomic E-state index is 0.00441. The van der Waals surface area contributed by atoms with Crippen LogP contribution in [-0.2, 0) is 16.2 Å². The normalized spacial score (nSPS) is 19.6. The lowest BCUT2D eigenvalue weighted by atomic mass is 9.85. The fraction of sp³-hybridized carbons (Fsp3) is 0.419. The van der Waals surface area contributed by atoms with Gasteiger partial charge in [-0.3, -0.25) is 14.4 Å². The van der Waals surface area contributed by atoms with Crippen molar-refractivity contribution in [3.63, 3.8) is 0 Å². The van der Waals surface area contributed by atoms with E-state index in [2.05, 4.69) is 16.3 Å². The van der Waals surface area contributed by atoms with E-state index >= 15 is 0 Å². The summed E-state index contributed by atoms with van der Waals surface area (Å²) in [5.74, 6) is -0.259. The molecule has 1 aliphatic carbocycles. The lowest BCUT2D eigenvalue weighted by Gasteiger charge is -2.35. The Morgan fingerprint density at radius 2 is 1.85 bits per heavy atom. The molecule has 3 atom stereocenters. The number of carboxylic acid groups (broad SMARTS) is 1. The zero-order valence-electron chi connectivity index (χ0n) is 23.8. The highest BCUT2D eigenvalue weighted by molar-refractivity contribution is 7.14. The van der Waals surface area contributed by atoms with Crippen molar-refractivity contribution >= 4 is 34.3 Å². The van der Waals surface area contributed by atoms with Crippen molar-refractivity contribution in [1.29, 1.82) is 0 Å². The van der Waals surface area contributed by atoms with Crippen LogP contribution in [0.15, 0.2) is 41.8 Å². The number of aliphatic carboxylic acids is 1. The maximum absolute atomic E-state index is 12.8.